The molecule has 5 nitrogen and oxygen atoms in total. The lowest BCUT2D eigenvalue weighted by atomic mass is 10.2. The van der Waals surface area contributed by atoms with Crippen molar-refractivity contribution in [2.45, 2.75) is 25.9 Å². The Bertz CT molecular complexity index is 550. The van der Waals surface area contributed by atoms with Crippen molar-refractivity contribution < 1.29 is 17.7 Å². The Kier molecular flexibility index (Phi) is 3.02. The summed E-state index contributed by atoms with van der Waals surface area (Å²) in [4.78, 5) is 11.0. The van der Waals surface area contributed by atoms with Crippen molar-refractivity contribution in [2.75, 3.05) is 0 Å². The zero-order chi connectivity index (χ0) is 13.3. The SMILES string of the molecule is CC(C)c1noc(-c2nccc(C(F)(F)F)n2)n1. The number of rotatable bonds is 2. The van der Waals surface area contributed by atoms with Gasteiger partial charge in [-0.05, 0) is 6.07 Å². The van der Waals surface area contributed by atoms with Gasteiger partial charge in [-0.3, -0.25) is 0 Å². The fourth-order valence-electron chi connectivity index (χ4n) is 1.18. The van der Waals surface area contributed by atoms with Crippen LogP contribution in [0.1, 0.15) is 31.3 Å². The van der Waals surface area contributed by atoms with Gasteiger partial charge in [-0.15, -0.1) is 0 Å². The molecule has 2 aromatic heterocycles. The zero-order valence-corrected chi connectivity index (χ0v) is 9.56. The van der Waals surface area contributed by atoms with E-state index in [1.807, 2.05) is 13.8 Å². The van der Waals surface area contributed by atoms with Gasteiger partial charge >= 0.3 is 6.18 Å². The largest absolute Gasteiger partial charge is 0.433 e. The number of hydrogen-bond acceptors (Lipinski definition) is 5. The van der Waals surface area contributed by atoms with Gasteiger partial charge in [-0.1, -0.05) is 19.0 Å². The normalized spacial score (nSPS) is 12.1. The molecule has 0 atom stereocenters. The van der Waals surface area contributed by atoms with E-state index in [0.29, 0.717) is 5.82 Å². The van der Waals surface area contributed by atoms with E-state index in [4.69, 9.17) is 4.52 Å². The summed E-state index contributed by atoms with van der Waals surface area (Å²) in [5.74, 6) is 0.0494. The van der Waals surface area contributed by atoms with Gasteiger partial charge in [0.25, 0.3) is 5.89 Å². The standard InChI is InChI=1S/C10H9F3N4O/c1-5(2)7-16-9(18-17-7)8-14-4-3-6(15-8)10(11,12)13/h3-5H,1-2H3. The second-order valence-electron chi connectivity index (χ2n) is 3.88. The Balaban J connectivity index is 2.38. The minimum atomic E-state index is -4.53. The lowest BCUT2D eigenvalue weighted by Crippen LogP contribution is -2.09. The average Bonchev–Trinajstić information content (AvgIpc) is 2.77. The van der Waals surface area contributed by atoms with Crippen LogP contribution in [-0.2, 0) is 6.18 Å². The molecule has 0 aliphatic carbocycles. The minimum absolute atomic E-state index is 0.00768. The molecule has 0 unspecified atom stereocenters. The van der Waals surface area contributed by atoms with Gasteiger partial charge in [-0.2, -0.15) is 18.2 Å². The zero-order valence-electron chi connectivity index (χ0n) is 9.56. The van der Waals surface area contributed by atoms with Crippen molar-refractivity contribution in [1.29, 1.82) is 0 Å². The number of nitrogens with zero attached hydrogens (tertiary/aromatic N) is 4. The maximum Gasteiger partial charge on any atom is 0.433 e. The number of alkyl halides is 3. The second kappa shape index (κ2) is 4.35. The summed E-state index contributed by atoms with van der Waals surface area (Å²) in [5.41, 5.74) is -1.04. The molecular weight excluding hydrogens is 249 g/mol. The van der Waals surface area contributed by atoms with Gasteiger partial charge in [0.1, 0.15) is 5.69 Å². The lowest BCUT2D eigenvalue weighted by molar-refractivity contribution is -0.141. The third-order valence-electron chi connectivity index (χ3n) is 2.10. The second-order valence-corrected chi connectivity index (χ2v) is 3.88. The molecule has 0 spiro atoms. The first-order valence-corrected chi connectivity index (χ1v) is 5.12. The molecule has 0 radical (unpaired) electrons. The van der Waals surface area contributed by atoms with E-state index in [2.05, 4.69) is 20.1 Å². The van der Waals surface area contributed by atoms with Crippen molar-refractivity contribution in [3.8, 4) is 11.7 Å². The Morgan fingerprint density at radius 2 is 1.94 bits per heavy atom. The van der Waals surface area contributed by atoms with Crippen LogP contribution >= 0.6 is 0 Å². The van der Waals surface area contributed by atoms with Crippen molar-refractivity contribution in [2.24, 2.45) is 0 Å². The van der Waals surface area contributed by atoms with Crippen LogP contribution in [0.5, 0.6) is 0 Å². The first-order valence-electron chi connectivity index (χ1n) is 5.12. The molecule has 8 heteroatoms. The lowest BCUT2D eigenvalue weighted by Gasteiger charge is -2.04. The summed E-state index contributed by atoms with van der Waals surface area (Å²) in [7, 11) is 0. The summed E-state index contributed by atoms with van der Waals surface area (Å²) in [6.07, 6.45) is -3.52. The molecule has 0 N–H and O–H groups in total. The highest BCUT2D eigenvalue weighted by Gasteiger charge is 2.33. The Morgan fingerprint density at radius 1 is 1.22 bits per heavy atom. The van der Waals surface area contributed by atoms with Crippen LogP contribution in [0.4, 0.5) is 13.2 Å². The van der Waals surface area contributed by atoms with E-state index in [0.717, 1.165) is 12.3 Å². The number of hydrogen-bond donors (Lipinski definition) is 0. The Morgan fingerprint density at radius 3 is 2.50 bits per heavy atom. The molecule has 2 aromatic rings. The highest BCUT2D eigenvalue weighted by Crippen LogP contribution is 2.28. The molecule has 2 heterocycles. The van der Waals surface area contributed by atoms with Crippen LogP contribution in [-0.4, -0.2) is 20.1 Å². The Hall–Kier alpha value is -1.99. The van der Waals surface area contributed by atoms with Crippen LogP contribution in [0, 0.1) is 0 Å². The summed E-state index contributed by atoms with van der Waals surface area (Å²) < 4.78 is 42.2. The van der Waals surface area contributed by atoms with Gasteiger partial charge in [0.2, 0.25) is 5.82 Å². The molecule has 0 aliphatic rings. The molecule has 0 bridgehead atoms. The summed E-state index contributed by atoms with van der Waals surface area (Å²) >= 11 is 0. The molecule has 0 saturated heterocycles. The molecule has 0 aromatic carbocycles. The molecule has 18 heavy (non-hydrogen) atoms. The van der Waals surface area contributed by atoms with E-state index < -0.39 is 11.9 Å². The highest BCUT2D eigenvalue weighted by molar-refractivity contribution is 5.39. The topological polar surface area (TPSA) is 64.7 Å². The molecule has 0 saturated carbocycles. The smallest absolute Gasteiger partial charge is 0.330 e. The Labute approximate surface area is 100 Å². The number of halogens is 3. The minimum Gasteiger partial charge on any atom is -0.330 e. The van der Waals surface area contributed by atoms with E-state index in [-0.39, 0.29) is 17.6 Å². The van der Waals surface area contributed by atoms with E-state index in [1.165, 1.54) is 0 Å². The molecular formula is C10H9F3N4O. The van der Waals surface area contributed by atoms with Crippen molar-refractivity contribution >= 4 is 0 Å². The van der Waals surface area contributed by atoms with Crippen molar-refractivity contribution in [3.05, 3.63) is 23.8 Å². The summed E-state index contributed by atoms with van der Waals surface area (Å²) in [5, 5.41) is 3.64. The number of aromatic nitrogens is 4. The fourth-order valence-corrected chi connectivity index (χ4v) is 1.18. The van der Waals surface area contributed by atoms with Crippen LogP contribution in [0.3, 0.4) is 0 Å². The maximum atomic E-state index is 12.5. The van der Waals surface area contributed by atoms with Crippen LogP contribution in [0.15, 0.2) is 16.8 Å². The van der Waals surface area contributed by atoms with Gasteiger partial charge < -0.3 is 4.52 Å². The van der Waals surface area contributed by atoms with Crippen molar-refractivity contribution in [1.82, 2.24) is 20.1 Å². The molecule has 2 rings (SSSR count). The fraction of sp³-hybridized carbons (Fsp3) is 0.400. The van der Waals surface area contributed by atoms with E-state index >= 15 is 0 Å². The van der Waals surface area contributed by atoms with Crippen LogP contribution in [0.25, 0.3) is 11.7 Å². The first-order chi connectivity index (χ1) is 8.38. The molecule has 96 valence electrons. The monoisotopic (exact) mass is 258 g/mol. The third kappa shape index (κ3) is 2.47. The predicted molar refractivity (Wildman–Crippen MR) is 54.4 cm³/mol. The molecule has 0 fully saturated rings. The maximum absolute atomic E-state index is 12.5. The van der Waals surface area contributed by atoms with Crippen molar-refractivity contribution in [3.63, 3.8) is 0 Å². The summed E-state index contributed by atoms with van der Waals surface area (Å²) in [6, 6.07) is 0.781. The van der Waals surface area contributed by atoms with Crippen LogP contribution < -0.4 is 0 Å². The predicted octanol–water partition coefficient (Wildman–Crippen LogP) is 2.67. The quantitative estimate of drug-likeness (QED) is 0.828. The molecule has 0 amide bonds. The van der Waals surface area contributed by atoms with Gasteiger partial charge in [0.15, 0.2) is 5.82 Å². The average molecular weight is 258 g/mol. The van der Waals surface area contributed by atoms with Crippen LogP contribution in [0.2, 0.25) is 0 Å². The highest BCUT2D eigenvalue weighted by atomic mass is 19.4. The first kappa shape index (κ1) is 12.5. The van der Waals surface area contributed by atoms with E-state index in [1.54, 1.807) is 0 Å². The van der Waals surface area contributed by atoms with E-state index in [9.17, 15) is 13.2 Å². The summed E-state index contributed by atoms with van der Waals surface area (Å²) in [6.45, 7) is 3.67. The third-order valence-corrected chi connectivity index (χ3v) is 2.10. The van der Waals surface area contributed by atoms with Gasteiger partial charge in [0, 0.05) is 12.1 Å². The van der Waals surface area contributed by atoms with Gasteiger partial charge in [-0.25, -0.2) is 9.97 Å². The molecule has 0 aliphatic heterocycles. The van der Waals surface area contributed by atoms with Gasteiger partial charge in [0.05, 0.1) is 0 Å².